The SMILES string of the molecule is O=C(NN=Cc1ccc(-c2ccc(S(=O)(=O)O)cc2)o1)C(=O)N/N=C\c1ccc(-c2ccc(S(=O)(=O)O)cc2)o1. The van der Waals surface area contributed by atoms with Crippen LogP contribution in [0.4, 0.5) is 0 Å². The molecule has 2 aromatic carbocycles. The fourth-order valence-corrected chi connectivity index (χ4v) is 4.11. The second-order valence-electron chi connectivity index (χ2n) is 7.80. The highest BCUT2D eigenvalue weighted by molar-refractivity contribution is 7.86. The standard InChI is InChI=1S/C24H18N4O10S2/c29-23(27-25-13-17-5-11-21(37-17)15-1-7-19(8-2-15)39(31,32)33)24(30)28-26-14-18-6-12-22(38-18)16-3-9-20(10-4-16)40(34,35)36/h1-14H,(H,27,29)(H,28,30)(H,31,32,33)(H,34,35,36)/b25-13-,26-14?. The molecule has 0 atom stereocenters. The van der Waals surface area contributed by atoms with Crippen molar-refractivity contribution in [3.8, 4) is 22.6 Å². The second kappa shape index (κ2) is 11.5. The molecule has 14 nitrogen and oxygen atoms in total. The van der Waals surface area contributed by atoms with E-state index in [2.05, 4.69) is 10.2 Å². The summed E-state index contributed by atoms with van der Waals surface area (Å²) < 4.78 is 73.6. The molecular weight excluding hydrogens is 568 g/mol. The van der Waals surface area contributed by atoms with E-state index in [9.17, 15) is 26.4 Å². The molecule has 0 fully saturated rings. The quantitative estimate of drug-likeness (QED) is 0.102. The zero-order valence-corrected chi connectivity index (χ0v) is 21.6. The molecule has 0 saturated heterocycles. The van der Waals surface area contributed by atoms with Gasteiger partial charge in [-0.1, -0.05) is 0 Å². The normalized spacial score (nSPS) is 12.2. The van der Waals surface area contributed by atoms with Crippen molar-refractivity contribution >= 4 is 44.5 Å². The summed E-state index contributed by atoms with van der Waals surface area (Å²) in [6.45, 7) is 0. The van der Waals surface area contributed by atoms with Crippen molar-refractivity contribution in [3.05, 3.63) is 84.3 Å². The molecule has 0 radical (unpaired) electrons. The minimum atomic E-state index is -4.32. The highest BCUT2D eigenvalue weighted by Crippen LogP contribution is 2.24. The number of hydrazone groups is 2. The van der Waals surface area contributed by atoms with Crippen molar-refractivity contribution in [2.24, 2.45) is 10.2 Å². The van der Waals surface area contributed by atoms with Gasteiger partial charge in [-0.05, 0) is 72.8 Å². The maximum absolute atomic E-state index is 11.9. The van der Waals surface area contributed by atoms with Crippen LogP contribution in [0.25, 0.3) is 22.6 Å². The first kappa shape index (κ1) is 28.1. The lowest BCUT2D eigenvalue weighted by molar-refractivity contribution is -0.139. The van der Waals surface area contributed by atoms with Crippen molar-refractivity contribution in [1.29, 1.82) is 0 Å². The summed E-state index contributed by atoms with van der Waals surface area (Å²) in [7, 11) is -8.64. The molecule has 4 aromatic rings. The summed E-state index contributed by atoms with van der Waals surface area (Å²) in [5.74, 6) is -1.10. The van der Waals surface area contributed by atoms with Crippen LogP contribution in [0.15, 0.2) is 102 Å². The summed E-state index contributed by atoms with van der Waals surface area (Å²) >= 11 is 0. The number of rotatable bonds is 8. The molecule has 2 heterocycles. The van der Waals surface area contributed by atoms with Gasteiger partial charge in [-0.2, -0.15) is 27.0 Å². The van der Waals surface area contributed by atoms with Gasteiger partial charge in [-0.25, -0.2) is 10.9 Å². The third-order valence-corrected chi connectivity index (χ3v) is 6.78. The molecule has 0 saturated carbocycles. The fraction of sp³-hybridized carbons (Fsp3) is 0. The molecule has 0 aliphatic heterocycles. The average molecular weight is 587 g/mol. The lowest BCUT2D eigenvalue weighted by atomic mass is 10.2. The van der Waals surface area contributed by atoms with E-state index in [-0.39, 0.29) is 21.3 Å². The Kier molecular flexibility index (Phi) is 8.05. The van der Waals surface area contributed by atoms with Gasteiger partial charge in [0, 0.05) is 11.1 Å². The van der Waals surface area contributed by atoms with Gasteiger partial charge in [-0.3, -0.25) is 18.7 Å². The Morgan fingerprint density at radius 3 is 1.27 bits per heavy atom. The number of amides is 2. The first-order valence-corrected chi connectivity index (χ1v) is 13.8. The average Bonchev–Trinajstić information content (AvgIpc) is 3.58. The van der Waals surface area contributed by atoms with Crippen molar-refractivity contribution in [3.63, 3.8) is 0 Å². The Morgan fingerprint density at radius 1 is 0.600 bits per heavy atom. The van der Waals surface area contributed by atoms with Gasteiger partial charge in [0.1, 0.15) is 23.0 Å². The number of carbonyl (C=O) groups is 2. The molecule has 0 spiro atoms. The van der Waals surface area contributed by atoms with E-state index in [4.69, 9.17) is 17.9 Å². The van der Waals surface area contributed by atoms with E-state index in [1.807, 2.05) is 10.9 Å². The molecule has 0 unspecified atom stereocenters. The maximum Gasteiger partial charge on any atom is 0.331 e. The Balaban J connectivity index is 1.27. The van der Waals surface area contributed by atoms with Crippen LogP contribution in [0.5, 0.6) is 0 Å². The maximum atomic E-state index is 11.9. The summed E-state index contributed by atoms with van der Waals surface area (Å²) in [5, 5.41) is 7.25. The summed E-state index contributed by atoms with van der Waals surface area (Å²) in [4.78, 5) is 23.3. The van der Waals surface area contributed by atoms with E-state index >= 15 is 0 Å². The number of carbonyl (C=O) groups excluding carboxylic acids is 2. The van der Waals surface area contributed by atoms with E-state index in [0.717, 1.165) is 12.4 Å². The van der Waals surface area contributed by atoms with Gasteiger partial charge >= 0.3 is 11.8 Å². The molecule has 16 heteroatoms. The molecule has 4 N–H and O–H groups in total. The van der Waals surface area contributed by atoms with Crippen LogP contribution < -0.4 is 10.9 Å². The van der Waals surface area contributed by atoms with Gasteiger partial charge in [0.15, 0.2) is 0 Å². The van der Waals surface area contributed by atoms with Crippen LogP contribution in [-0.4, -0.2) is 50.2 Å². The molecule has 2 aromatic heterocycles. The van der Waals surface area contributed by atoms with E-state index < -0.39 is 32.1 Å². The third kappa shape index (κ3) is 7.14. The molecule has 0 aliphatic carbocycles. The van der Waals surface area contributed by atoms with Crippen molar-refractivity contribution < 1.29 is 44.4 Å². The van der Waals surface area contributed by atoms with Crippen LogP contribution in [0.3, 0.4) is 0 Å². The number of benzene rings is 2. The molecule has 206 valence electrons. The van der Waals surface area contributed by atoms with Crippen LogP contribution in [-0.2, 0) is 29.8 Å². The van der Waals surface area contributed by atoms with Gasteiger partial charge < -0.3 is 8.83 Å². The predicted octanol–water partition coefficient (Wildman–Crippen LogP) is 2.30. The van der Waals surface area contributed by atoms with Crippen LogP contribution in [0, 0.1) is 0 Å². The molecule has 40 heavy (non-hydrogen) atoms. The Labute approximate surface area is 226 Å². The van der Waals surface area contributed by atoms with Crippen LogP contribution >= 0.6 is 0 Å². The highest BCUT2D eigenvalue weighted by Gasteiger charge is 2.13. The summed E-state index contributed by atoms with van der Waals surface area (Å²) in [6.07, 6.45) is 2.27. The smallest absolute Gasteiger partial charge is 0.331 e. The Morgan fingerprint density at radius 2 is 0.950 bits per heavy atom. The summed E-state index contributed by atoms with van der Waals surface area (Å²) in [5.41, 5.74) is 5.04. The first-order valence-electron chi connectivity index (χ1n) is 10.9. The topological polar surface area (TPSA) is 218 Å². The van der Waals surface area contributed by atoms with E-state index in [1.54, 1.807) is 12.1 Å². The molecule has 0 aliphatic rings. The fourth-order valence-electron chi connectivity index (χ4n) is 3.15. The van der Waals surface area contributed by atoms with Crippen molar-refractivity contribution in [1.82, 2.24) is 10.9 Å². The van der Waals surface area contributed by atoms with E-state index in [0.29, 0.717) is 22.6 Å². The van der Waals surface area contributed by atoms with Gasteiger partial charge in [0.05, 0.1) is 22.2 Å². The van der Waals surface area contributed by atoms with E-state index in [1.165, 1.54) is 60.7 Å². The number of nitrogens with zero attached hydrogens (tertiary/aromatic N) is 2. The number of nitrogens with one attached hydrogen (secondary N) is 2. The lowest BCUT2D eigenvalue weighted by Crippen LogP contribution is -2.35. The zero-order chi connectivity index (χ0) is 28.9. The Hall–Kier alpha value is -4.90. The van der Waals surface area contributed by atoms with Crippen molar-refractivity contribution in [2.45, 2.75) is 9.79 Å². The largest absolute Gasteiger partial charge is 0.455 e. The number of hydrogen-bond acceptors (Lipinski definition) is 10. The van der Waals surface area contributed by atoms with Crippen molar-refractivity contribution in [2.75, 3.05) is 0 Å². The monoisotopic (exact) mass is 586 g/mol. The van der Waals surface area contributed by atoms with Gasteiger partial charge in [-0.15, -0.1) is 0 Å². The zero-order valence-electron chi connectivity index (χ0n) is 20.0. The molecule has 0 bridgehead atoms. The lowest BCUT2D eigenvalue weighted by Gasteiger charge is -1.99. The number of furan rings is 2. The second-order valence-corrected chi connectivity index (χ2v) is 10.6. The minimum absolute atomic E-state index is 0.217. The Bertz CT molecular complexity index is 1680. The first-order chi connectivity index (χ1) is 18.9. The third-order valence-electron chi connectivity index (χ3n) is 5.05. The number of hydrogen-bond donors (Lipinski definition) is 4. The molecule has 4 rings (SSSR count). The summed E-state index contributed by atoms with van der Waals surface area (Å²) in [6, 6.07) is 16.8. The van der Waals surface area contributed by atoms with Gasteiger partial charge in [0.25, 0.3) is 20.2 Å². The molecule has 2 amide bonds. The predicted molar refractivity (Wildman–Crippen MR) is 139 cm³/mol. The minimum Gasteiger partial charge on any atom is -0.455 e. The van der Waals surface area contributed by atoms with Crippen LogP contribution in [0.2, 0.25) is 0 Å². The van der Waals surface area contributed by atoms with Crippen LogP contribution in [0.1, 0.15) is 11.5 Å². The highest BCUT2D eigenvalue weighted by atomic mass is 32.2. The molecular formula is C24H18N4O10S2. The van der Waals surface area contributed by atoms with Gasteiger partial charge in [0.2, 0.25) is 0 Å².